The van der Waals surface area contributed by atoms with Crippen molar-refractivity contribution >= 4 is 29.1 Å². The van der Waals surface area contributed by atoms with E-state index in [1.165, 1.54) is 14.2 Å². The van der Waals surface area contributed by atoms with Gasteiger partial charge in [0.05, 0.1) is 17.2 Å². The van der Waals surface area contributed by atoms with E-state index in [1.807, 2.05) is 0 Å². The van der Waals surface area contributed by atoms with Crippen molar-refractivity contribution in [2.75, 3.05) is 14.2 Å². The van der Waals surface area contributed by atoms with Crippen molar-refractivity contribution < 1.29 is 9.53 Å². The predicted molar refractivity (Wildman–Crippen MR) is 56.4 cm³/mol. The van der Waals surface area contributed by atoms with Crippen LogP contribution in [0.1, 0.15) is 10.4 Å². The smallest absolute Gasteiger partial charge is 0.256 e. The van der Waals surface area contributed by atoms with Crippen molar-refractivity contribution in [1.82, 2.24) is 5.32 Å². The Morgan fingerprint density at radius 1 is 1.36 bits per heavy atom. The van der Waals surface area contributed by atoms with Crippen LogP contribution in [0.2, 0.25) is 10.0 Å². The molecule has 3 nitrogen and oxygen atoms in total. The van der Waals surface area contributed by atoms with Crippen molar-refractivity contribution in [3.63, 3.8) is 0 Å². The summed E-state index contributed by atoms with van der Waals surface area (Å²) in [7, 11) is 2.95. The highest BCUT2D eigenvalue weighted by atomic mass is 35.5. The summed E-state index contributed by atoms with van der Waals surface area (Å²) in [6, 6.07) is 3.13. The van der Waals surface area contributed by atoms with Crippen molar-refractivity contribution in [2.45, 2.75) is 0 Å². The first kappa shape index (κ1) is 11.1. The lowest BCUT2D eigenvalue weighted by Gasteiger charge is -2.10. The first-order valence-corrected chi connectivity index (χ1v) is 4.61. The molecule has 0 atom stereocenters. The Balaban J connectivity index is 3.37. The number of carbonyl (C=O) groups excluding carboxylic acids is 1. The summed E-state index contributed by atoms with van der Waals surface area (Å²) >= 11 is 11.7. The van der Waals surface area contributed by atoms with Crippen LogP contribution in [0.4, 0.5) is 0 Å². The fraction of sp³-hybridized carbons (Fsp3) is 0.222. The van der Waals surface area contributed by atoms with Crippen LogP contribution in [0, 0.1) is 0 Å². The third-order valence-electron chi connectivity index (χ3n) is 1.72. The molecule has 0 radical (unpaired) electrons. The summed E-state index contributed by atoms with van der Waals surface area (Å²) in [4.78, 5) is 11.4. The molecule has 0 aliphatic rings. The molecule has 1 aromatic rings. The van der Waals surface area contributed by atoms with Crippen LogP contribution in [0.5, 0.6) is 5.75 Å². The molecule has 1 aromatic carbocycles. The highest BCUT2D eigenvalue weighted by Gasteiger charge is 2.17. The quantitative estimate of drug-likeness (QED) is 0.852. The van der Waals surface area contributed by atoms with Gasteiger partial charge in [-0.1, -0.05) is 23.2 Å². The van der Waals surface area contributed by atoms with Crippen LogP contribution >= 0.6 is 23.2 Å². The van der Waals surface area contributed by atoms with Crippen molar-refractivity contribution in [1.29, 1.82) is 0 Å². The third-order valence-corrected chi connectivity index (χ3v) is 2.33. The number of ether oxygens (including phenoxy) is 1. The second kappa shape index (κ2) is 4.53. The number of hydrogen-bond acceptors (Lipinski definition) is 2. The topological polar surface area (TPSA) is 38.3 Å². The van der Waals surface area contributed by atoms with E-state index in [0.717, 1.165) is 0 Å². The van der Waals surface area contributed by atoms with Gasteiger partial charge in [-0.2, -0.15) is 0 Å². The van der Waals surface area contributed by atoms with Crippen LogP contribution in [0.3, 0.4) is 0 Å². The van der Waals surface area contributed by atoms with Gasteiger partial charge >= 0.3 is 0 Å². The molecule has 0 saturated heterocycles. The van der Waals surface area contributed by atoms with Crippen LogP contribution < -0.4 is 10.1 Å². The lowest BCUT2D eigenvalue weighted by molar-refractivity contribution is 0.0960. The van der Waals surface area contributed by atoms with Gasteiger partial charge in [-0.05, 0) is 12.1 Å². The average molecular weight is 234 g/mol. The summed E-state index contributed by atoms with van der Waals surface area (Å²) in [6.45, 7) is 0. The predicted octanol–water partition coefficient (Wildman–Crippen LogP) is 2.36. The van der Waals surface area contributed by atoms with E-state index in [1.54, 1.807) is 12.1 Å². The SMILES string of the molecule is CNC(=O)c1c(Cl)ccc(Cl)c1OC. The molecule has 76 valence electrons. The van der Waals surface area contributed by atoms with E-state index >= 15 is 0 Å². The van der Waals surface area contributed by atoms with Crippen LogP contribution in [-0.4, -0.2) is 20.1 Å². The molecule has 0 aliphatic heterocycles. The number of rotatable bonds is 2. The molecule has 0 bridgehead atoms. The minimum absolute atomic E-state index is 0.254. The Labute approximate surface area is 92.0 Å². The summed E-state index contributed by atoms with van der Waals surface area (Å²) in [5.74, 6) is -0.0344. The molecule has 0 heterocycles. The van der Waals surface area contributed by atoms with Gasteiger partial charge in [0.2, 0.25) is 0 Å². The van der Waals surface area contributed by atoms with Crippen molar-refractivity contribution in [2.24, 2.45) is 0 Å². The third kappa shape index (κ3) is 1.94. The maximum Gasteiger partial charge on any atom is 0.256 e. The molecule has 0 unspecified atom stereocenters. The van der Waals surface area contributed by atoms with Crippen LogP contribution in [-0.2, 0) is 0 Å². The highest BCUT2D eigenvalue weighted by Crippen LogP contribution is 2.33. The summed E-state index contributed by atoms with van der Waals surface area (Å²) in [5.41, 5.74) is 0.254. The normalized spacial score (nSPS) is 9.71. The van der Waals surface area contributed by atoms with Gasteiger partial charge in [-0.3, -0.25) is 4.79 Å². The molecule has 0 spiro atoms. The van der Waals surface area contributed by atoms with Gasteiger partial charge in [0.1, 0.15) is 5.56 Å². The van der Waals surface area contributed by atoms with Crippen LogP contribution in [0.25, 0.3) is 0 Å². The van der Waals surface area contributed by atoms with Gasteiger partial charge in [0.25, 0.3) is 5.91 Å². The van der Waals surface area contributed by atoms with E-state index in [4.69, 9.17) is 27.9 Å². The molecule has 0 aliphatic carbocycles. The highest BCUT2D eigenvalue weighted by molar-refractivity contribution is 6.37. The number of methoxy groups -OCH3 is 1. The molecule has 14 heavy (non-hydrogen) atoms. The molecule has 0 saturated carbocycles. The lowest BCUT2D eigenvalue weighted by Crippen LogP contribution is -2.19. The number of halogens is 2. The van der Waals surface area contributed by atoms with Gasteiger partial charge in [0.15, 0.2) is 5.75 Å². The summed E-state index contributed by atoms with van der Waals surface area (Å²) in [5, 5.41) is 3.13. The van der Waals surface area contributed by atoms with E-state index < -0.39 is 0 Å². The Morgan fingerprint density at radius 3 is 2.43 bits per heavy atom. The summed E-state index contributed by atoms with van der Waals surface area (Å²) in [6.07, 6.45) is 0. The Morgan fingerprint density at radius 2 is 1.93 bits per heavy atom. The fourth-order valence-corrected chi connectivity index (χ4v) is 1.54. The zero-order valence-corrected chi connectivity index (χ0v) is 9.24. The minimum Gasteiger partial charge on any atom is -0.494 e. The van der Waals surface area contributed by atoms with Crippen molar-refractivity contribution in [3.8, 4) is 5.75 Å². The van der Waals surface area contributed by atoms with E-state index in [9.17, 15) is 4.79 Å². The number of benzene rings is 1. The fourth-order valence-electron chi connectivity index (χ4n) is 1.07. The second-order valence-corrected chi connectivity index (χ2v) is 3.33. The number of hydrogen-bond donors (Lipinski definition) is 1. The monoisotopic (exact) mass is 233 g/mol. The molecule has 1 N–H and O–H groups in total. The minimum atomic E-state index is -0.325. The molecule has 1 rings (SSSR count). The number of amides is 1. The van der Waals surface area contributed by atoms with E-state index in [2.05, 4.69) is 5.32 Å². The van der Waals surface area contributed by atoms with Crippen LogP contribution in [0.15, 0.2) is 12.1 Å². The molecule has 5 heteroatoms. The van der Waals surface area contributed by atoms with Gasteiger partial charge in [-0.25, -0.2) is 0 Å². The molecule has 0 fully saturated rings. The standard InChI is InChI=1S/C9H9Cl2NO2/c1-12-9(13)7-5(10)3-4-6(11)8(7)14-2/h3-4H,1-2H3,(H,12,13). The number of carbonyl (C=O) groups is 1. The molecular formula is C9H9Cl2NO2. The molecule has 1 amide bonds. The second-order valence-electron chi connectivity index (χ2n) is 2.52. The first-order chi connectivity index (χ1) is 6.61. The maximum atomic E-state index is 11.4. The van der Waals surface area contributed by atoms with Gasteiger partial charge in [-0.15, -0.1) is 0 Å². The summed E-state index contributed by atoms with van der Waals surface area (Å²) < 4.78 is 5.00. The van der Waals surface area contributed by atoms with Crippen molar-refractivity contribution in [3.05, 3.63) is 27.7 Å². The Kier molecular flexibility index (Phi) is 3.61. The van der Waals surface area contributed by atoms with E-state index in [-0.39, 0.29) is 11.5 Å². The Hall–Kier alpha value is -0.930. The number of nitrogens with one attached hydrogen (secondary N) is 1. The largest absolute Gasteiger partial charge is 0.494 e. The zero-order valence-electron chi connectivity index (χ0n) is 7.73. The van der Waals surface area contributed by atoms with Gasteiger partial charge < -0.3 is 10.1 Å². The van der Waals surface area contributed by atoms with Gasteiger partial charge in [0, 0.05) is 7.05 Å². The Bertz CT molecular complexity index is 366. The lowest BCUT2D eigenvalue weighted by atomic mass is 10.2. The van der Waals surface area contributed by atoms with E-state index in [0.29, 0.717) is 15.8 Å². The first-order valence-electron chi connectivity index (χ1n) is 3.86. The average Bonchev–Trinajstić information content (AvgIpc) is 2.19. The molecular weight excluding hydrogens is 225 g/mol. The maximum absolute atomic E-state index is 11.4. The zero-order chi connectivity index (χ0) is 10.7. The molecule has 0 aromatic heterocycles.